The predicted molar refractivity (Wildman–Crippen MR) is 152 cm³/mol. The van der Waals surface area contributed by atoms with Crippen molar-refractivity contribution in [2.75, 3.05) is 27.7 Å². The van der Waals surface area contributed by atoms with Crippen LogP contribution in [0.5, 0.6) is 0 Å². The Kier molecular flexibility index (Phi) is 10.7. The van der Waals surface area contributed by atoms with E-state index in [0.717, 1.165) is 5.56 Å². The molecule has 0 bridgehead atoms. The van der Waals surface area contributed by atoms with Gasteiger partial charge in [0.05, 0.1) is 13.2 Å². The lowest BCUT2D eigenvalue weighted by Crippen LogP contribution is -2.63. The molecular weight excluding hydrogens is 496 g/mol. The van der Waals surface area contributed by atoms with Crippen molar-refractivity contribution in [1.29, 1.82) is 0 Å². The summed E-state index contributed by atoms with van der Waals surface area (Å²) in [4.78, 5) is 56.7. The van der Waals surface area contributed by atoms with Crippen LogP contribution >= 0.6 is 0 Å². The maximum absolute atomic E-state index is 14.0. The molecule has 0 unspecified atom stereocenters. The van der Waals surface area contributed by atoms with E-state index in [1.54, 1.807) is 14.1 Å². The molecule has 218 valence electrons. The van der Waals surface area contributed by atoms with Gasteiger partial charge in [0.1, 0.15) is 18.1 Å². The van der Waals surface area contributed by atoms with Crippen LogP contribution in [0.3, 0.4) is 0 Å². The number of carbonyl (C=O) groups excluding carboxylic acids is 4. The van der Waals surface area contributed by atoms with E-state index in [1.807, 2.05) is 78.8 Å². The molecular formula is C30H48N4O5. The molecule has 2 rings (SSSR count). The Balaban J connectivity index is 2.34. The zero-order valence-corrected chi connectivity index (χ0v) is 25.3. The Morgan fingerprint density at radius 2 is 1.62 bits per heavy atom. The van der Waals surface area contributed by atoms with E-state index in [1.165, 1.54) is 16.9 Å². The van der Waals surface area contributed by atoms with Gasteiger partial charge in [-0.15, -0.1) is 0 Å². The molecule has 0 saturated carbocycles. The summed E-state index contributed by atoms with van der Waals surface area (Å²) < 4.78 is 4.91. The van der Waals surface area contributed by atoms with Gasteiger partial charge in [-0.3, -0.25) is 14.4 Å². The fourth-order valence-corrected chi connectivity index (χ4v) is 5.55. The quantitative estimate of drug-likeness (QED) is 0.439. The first-order valence-corrected chi connectivity index (χ1v) is 13.8. The van der Waals surface area contributed by atoms with Crippen LogP contribution in [0.15, 0.2) is 30.3 Å². The minimum Gasteiger partial charge on any atom is -0.467 e. The molecule has 1 aliphatic heterocycles. The highest BCUT2D eigenvalue weighted by atomic mass is 16.5. The van der Waals surface area contributed by atoms with E-state index in [4.69, 9.17) is 4.74 Å². The fraction of sp³-hybridized carbons (Fsp3) is 0.667. The van der Waals surface area contributed by atoms with Crippen molar-refractivity contribution in [2.24, 2.45) is 11.3 Å². The van der Waals surface area contributed by atoms with Crippen molar-refractivity contribution >= 4 is 23.7 Å². The smallest absolute Gasteiger partial charge is 0.328 e. The minimum absolute atomic E-state index is 0.219. The topological polar surface area (TPSA) is 108 Å². The number of likely N-dealkylation sites (N-methyl/N-ethyl adjacent to an activating group) is 2. The van der Waals surface area contributed by atoms with Gasteiger partial charge in [-0.05, 0) is 36.8 Å². The highest BCUT2D eigenvalue weighted by Crippen LogP contribution is 2.29. The van der Waals surface area contributed by atoms with Gasteiger partial charge in [0, 0.05) is 19.0 Å². The lowest BCUT2D eigenvalue weighted by atomic mass is 9.76. The van der Waals surface area contributed by atoms with Crippen molar-refractivity contribution < 1.29 is 23.9 Å². The zero-order valence-electron chi connectivity index (χ0n) is 25.3. The van der Waals surface area contributed by atoms with Crippen LogP contribution in [0.25, 0.3) is 0 Å². The van der Waals surface area contributed by atoms with Gasteiger partial charge in [0.25, 0.3) is 0 Å². The first-order valence-electron chi connectivity index (χ1n) is 13.8. The van der Waals surface area contributed by atoms with Gasteiger partial charge in [-0.2, -0.15) is 0 Å². The molecule has 1 fully saturated rings. The zero-order chi connectivity index (χ0) is 29.7. The number of likely N-dealkylation sites (tertiary alicyclic amines) is 1. The van der Waals surface area contributed by atoms with Gasteiger partial charge in [-0.25, -0.2) is 4.79 Å². The minimum atomic E-state index is -0.888. The molecule has 1 aromatic carbocycles. The molecule has 9 nitrogen and oxygen atoms in total. The van der Waals surface area contributed by atoms with Gasteiger partial charge >= 0.3 is 5.97 Å². The Morgan fingerprint density at radius 1 is 1.03 bits per heavy atom. The first kappa shape index (κ1) is 32.3. The summed E-state index contributed by atoms with van der Waals surface area (Å²) in [5.74, 6) is -1.61. The van der Waals surface area contributed by atoms with Crippen LogP contribution in [0.4, 0.5) is 0 Å². The maximum atomic E-state index is 14.0. The summed E-state index contributed by atoms with van der Waals surface area (Å²) in [5.41, 5.74) is -0.207. The number of rotatable bonds is 10. The Hall–Kier alpha value is -2.94. The van der Waals surface area contributed by atoms with Crippen LogP contribution in [0.1, 0.15) is 66.9 Å². The predicted octanol–water partition coefficient (Wildman–Crippen LogP) is 2.73. The lowest BCUT2D eigenvalue weighted by Gasteiger charge is -2.41. The van der Waals surface area contributed by atoms with E-state index < -0.39 is 41.0 Å². The third kappa shape index (κ3) is 7.18. The summed E-state index contributed by atoms with van der Waals surface area (Å²) in [5, 5.41) is 6.15. The molecule has 1 aromatic rings. The molecule has 1 saturated heterocycles. The molecule has 0 aliphatic carbocycles. The second-order valence-corrected chi connectivity index (χ2v) is 12.5. The largest absolute Gasteiger partial charge is 0.467 e. The number of esters is 1. The van der Waals surface area contributed by atoms with Gasteiger partial charge in [-0.1, -0.05) is 78.8 Å². The second kappa shape index (κ2) is 12.9. The molecule has 2 N–H and O–H groups in total. The molecule has 4 atom stereocenters. The summed E-state index contributed by atoms with van der Waals surface area (Å²) in [7, 11) is 4.64. The number of amides is 3. The third-order valence-electron chi connectivity index (χ3n) is 7.85. The van der Waals surface area contributed by atoms with Crippen LogP contribution in [-0.2, 0) is 29.3 Å². The molecule has 9 heteroatoms. The second-order valence-electron chi connectivity index (χ2n) is 12.5. The number of nitrogens with zero attached hydrogens (tertiary/aromatic N) is 2. The number of benzene rings is 1. The van der Waals surface area contributed by atoms with Crippen LogP contribution in [0, 0.1) is 11.3 Å². The van der Waals surface area contributed by atoms with E-state index in [0.29, 0.717) is 19.4 Å². The molecule has 1 aliphatic rings. The number of ether oxygens (including phenoxy) is 1. The van der Waals surface area contributed by atoms with E-state index >= 15 is 0 Å². The standard InChI is InChI=1S/C30H48N4O5/c1-19(2)22(26(36)34-18-14-17-21(34)28(38)39-10)33(9)27(37)24(29(3,4)5)32-25(35)23(31-8)30(6,7)20-15-12-11-13-16-20/h11-13,15-16,19,21-24,31H,14,17-18H2,1-10H3,(H,32,35)/t21-,22-,23+,24+/m0/s1. The van der Waals surface area contributed by atoms with Crippen LogP contribution in [0.2, 0.25) is 0 Å². The monoisotopic (exact) mass is 544 g/mol. The van der Waals surface area contributed by atoms with E-state index in [9.17, 15) is 19.2 Å². The summed E-state index contributed by atoms with van der Waals surface area (Å²) in [6.07, 6.45) is 1.22. The first-order chi connectivity index (χ1) is 18.1. The summed E-state index contributed by atoms with van der Waals surface area (Å²) >= 11 is 0. The number of carbonyl (C=O) groups is 4. The van der Waals surface area contributed by atoms with Crippen molar-refractivity contribution in [3.8, 4) is 0 Å². The average Bonchev–Trinajstić information content (AvgIpc) is 3.36. The van der Waals surface area contributed by atoms with Crippen molar-refractivity contribution in [3.05, 3.63) is 35.9 Å². The molecule has 1 heterocycles. The molecule has 0 radical (unpaired) electrons. The van der Waals surface area contributed by atoms with Gasteiger partial charge in [0.2, 0.25) is 17.7 Å². The van der Waals surface area contributed by atoms with Crippen molar-refractivity contribution in [3.63, 3.8) is 0 Å². The molecule has 0 aromatic heterocycles. The van der Waals surface area contributed by atoms with Gasteiger partial charge < -0.3 is 25.2 Å². The normalized spacial score (nSPS) is 18.3. The van der Waals surface area contributed by atoms with E-state index in [-0.39, 0.29) is 23.6 Å². The molecule has 39 heavy (non-hydrogen) atoms. The number of hydrogen-bond acceptors (Lipinski definition) is 6. The summed E-state index contributed by atoms with van der Waals surface area (Å²) in [6.45, 7) is 13.8. The lowest BCUT2D eigenvalue weighted by molar-refractivity contribution is -0.156. The molecule has 0 spiro atoms. The van der Waals surface area contributed by atoms with Crippen LogP contribution in [-0.4, -0.2) is 85.4 Å². The Morgan fingerprint density at radius 3 is 2.10 bits per heavy atom. The maximum Gasteiger partial charge on any atom is 0.328 e. The highest BCUT2D eigenvalue weighted by Gasteiger charge is 2.45. The Labute approximate surface area is 234 Å². The van der Waals surface area contributed by atoms with Crippen molar-refractivity contribution in [1.82, 2.24) is 20.4 Å². The van der Waals surface area contributed by atoms with Gasteiger partial charge in [0.15, 0.2) is 0 Å². The van der Waals surface area contributed by atoms with E-state index in [2.05, 4.69) is 10.6 Å². The highest BCUT2D eigenvalue weighted by molar-refractivity contribution is 5.95. The number of nitrogens with one attached hydrogen (secondary N) is 2. The summed E-state index contributed by atoms with van der Waals surface area (Å²) in [6, 6.07) is 6.82. The fourth-order valence-electron chi connectivity index (χ4n) is 5.55. The molecule has 3 amide bonds. The third-order valence-corrected chi connectivity index (χ3v) is 7.85. The number of methoxy groups -OCH3 is 1. The van der Waals surface area contributed by atoms with Crippen LogP contribution < -0.4 is 10.6 Å². The Bertz CT molecular complexity index is 1020. The average molecular weight is 545 g/mol. The number of hydrogen-bond donors (Lipinski definition) is 2. The SMILES string of the molecule is CN[C@H](C(=O)N[C@H](C(=O)N(C)[C@H](C(=O)N1CCC[C@H]1C(=O)OC)C(C)C)C(C)(C)C)C(C)(C)c1ccccc1. The van der Waals surface area contributed by atoms with Crippen molar-refractivity contribution in [2.45, 2.75) is 90.9 Å².